The predicted molar refractivity (Wildman–Crippen MR) is 84.0 cm³/mol. The van der Waals surface area contributed by atoms with Crippen LogP contribution in [-0.2, 0) is 13.2 Å². The second kappa shape index (κ2) is 6.50. The van der Waals surface area contributed by atoms with Crippen molar-refractivity contribution in [1.82, 2.24) is 24.5 Å². The first-order chi connectivity index (χ1) is 12.3. The lowest BCUT2D eigenvalue weighted by atomic mass is 10.1. The molecule has 0 amide bonds. The Balaban J connectivity index is 1.92. The molecule has 0 saturated carbocycles. The van der Waals surface area contributed by atoms with E-state index in [4.69, 9.17) is 4.74 Å². The zero-order chi connectivity index (χ0) is 18.9. The van der Waals surface area contributed by atoms with Gasteiger partial charge in [-0.2, -0.15) is 13.2 Å². The van der Waals surface area contributed by atoms with Crippen LogP contribution in [0.5, 0.6) is 5.75 Å². The highest BCUT2D eigenvalue weighted by atomic mass is 19.4. The average molecular weight is 367 g/mol. The Labute approximate surface area is 144 Å². The van der Waals surface area contributed by atoms with E-state index in [0.717, 1.165) is 12.1 Å². The van der Waals surface area contributed by atoms with Crippen molar-refractivity contribution >= 4 is 12.3 Å². The normalized spacial score (nSPS) is 12.0. The highest BCUT2D eigenvalue weighted by Gasteiger charge is 2.31. The highest BCUT2D eigenvalue weighted by molar-refractivity contribution is 5.60. The van der Waals surface area contributed by atoms with Gasteiger partial charge in [0.1, 0.15) is 12.1 Å². The van der Waals surface area contributed by atoms with Crippen LogP contribution in [0.4, 0.5) is 13.2 Å². The lowest BCUT2D eigenvalue weighted by Gasteiger charge is -2.10. The van der Waals surface area contributed by atoms with E-state index >= 15 is 0 Å². The van der Waals surface area contributed by atoms with Gasteiger partial charge in [-0.1, -0.05) is 5.16 Å². The van der Waals surface area contributed by atoms with E-state index in [2.05, 4.69) is 19.8 Å². The first kappa shape index (κ1) is 17.5. The fraction of sp³-hybridized carbons (Fsp3) is 0.200. The molecular formula is C15H12F3N5O3. The molecule has 0 saturated heterocycles. The van der Waals surface area contributed by atoms with Gasteiger partial charge in [0.2, 0.25) is 0 Å². The Bertz CT molecular complexity index is 1020. The van der Waals surface area contributed by atoms with Crippen LogP contribution in [0.3, 0.4) is 0 Å². The molecule has 1 aromatic carbocycles. The lowest BCUT2D eigenvalue weighted by molar-refractivity contribution is -0.137. The molecule has 2 aromatic heterocycles. The first-order valence-corrected chi connectivity index (χ1v) is 7.16. The van der Waals surface area contributed by atoms with E-state index in [1.54, 1.807) is 0 Å². The smallest absolute Gasteiger partial charge is 0.441 e. The Morgan fingerprint density at radius 3 is 2.65 bits per heavy atom. The van der Waals surface area contributed by atoms with Crippen molar-refractivity contribution in [3.8, 4) is 17.1 Å². The standard InChI is InChI=1S/C15H12F3N5O3/c1-22-12(21-26-14(22)24)3-4-23-8-19-13(20-23)9-5-10(15(16,17)18)7-11(6-9)25-2/h3-8H,1-2H3. The fourth-order valence-corrected chi connectivity index (χ4v) is 2.08. The van der Waals surface area contributed by atoms with E-state index in [1.807, 2.05) is 0 Å². The van der Waals surface area contributed by atoms with Crippen molar-refractivity contribution in [2.24, 2.45) is 7.05 Å². The Morgan fingerprint density at radius 1 is 1.27 bits per heavy atom. The quantitative estimate of drug-likeness (QED) is 0.703. The van der Waals surface area contributed by atoms with E-state index < -0.39 is 17.5 Å². The zero-order valence-electron chi connectivity index (χ0n) is 13.6. The number of aromatic nitrogens is 5. The summed E-state index contributed by atoms with van der Waals surface area (Å²) >= 11 is 0. The summed E-state index contributed by atoms with van der Waals surface area (Å²) in [5, 5.41) is 7.62. The molecule has 3 aromatic rings. The third-order valence-corrected chi connectivity index (χ3v) is 3.45. The summed E-state index contributed by atoms with van der Waals surface area (Å²) in [4.78, 5) is 15.2. The summed E-state index contributed by atoms with van der Waals surface area (Å²) in [6.45, 7) is 0. The van der Waals surface area contributed by atoms with Crippen molar-refractivity contribution in [3.63, 3.8) is 0 Å². The molecule has 0 atom stereocenters. The topological polar surface area (TPSA) is 88.0 Å². The molecule has 11 heteroatoms. The van der Waals surface area contributed by atoms with Crippen molar-refractivity contribution < 1.29 is 22.4 Å². The SMILES string of the molecule is COc1cc(-c2ncn(C=Cc3noc(=O)n3C)n2)cc(C(F)(F)F)c1. The molecule has 0 fully saturated rings. The van der Waals surface area contributed by atoms with Gasteiger partial charge >= 0.3 is 11.9 Å². The van der Waals surface area contributed by atoms with Gasteiger partial charge in [-0.25, -0.2) is 14.5 Å². The number of methoxy groups -OCH3 is 1. The van der Waals surface area contributed by atoms with Gasteiger partial charge in [-0.05, 0) is 18.2 Å². The molecule has 0 unspecified atom stereocenters. The van der Waals surface area contributed by atoms with Gasteiger partial charge in [0.15, 0.2) is 11.6 Å². The number of halogens is 3. The number of benzene rings is 1. The number of rotatable bonds is 4. The third kappa shape index (κ3) is 3.50. The summed E-state index contributed by atoms with van der Waals surface area (Å²) < 4.78 is 50.8. The van der Waals surface area contributed by atoms with Crippen LogP contribution < -0.4 is 10.5 Å². The van der Waals surface area contributed by atoms with E-state index in [9.17, 15) is 18.0 Å². The molecule has 3 rings (SSSR count). The van der Waals surface area contributed by atoms with Gasteiger partial charge in [0.25, 0.3) is 0 Å². The van der Waals surface area contributed by atoms with Gasteiger partial charge in [-0.15, -0.1) is 5.10 Å². The van der Waals surface area contributed by atoms with Crippen LogP contribution in [0.1, 0.15) is 11.4 Å². The largest absolute Gasteiger partial charge is 0.497 e. The summed E-state index contributed by atoms with van der Waals surface area (Å²) in [6, 6.07) is 3.23. The van der Waals surface area contributed by atoms with Gasteiger partial charge in [0, 0.05) is 24.9 Å². The summed E-state index contributed by atoms with van der Waals surface area (Å²) in [6.07, 6.45) is -0.352. The minimum atomic E-state index is -4.52. The van der Waals surface area contributed by atoms with Crippen molar-refractivity contribution in [3.05, 3.63) is 46.5 Å². The van der Waals surface area contributed by atoms with E-state index in [1.165, 1.54) is 48.1 Å². The number of hydrogen-bond acceptors (Lipinski definition) is 6. The molecule has 136 valence electrons. The molecule has 26 heavy (non-hydrogen) atoms. The predicted octanol–water partition coefficient (Wildman–Crippen LogP) is 2.29. The number of nitrogens with zero attached hydrogens (tertiary/aromatic N) is 5. The van der Waals surface area contributed by atoms with Gasteiger partial charge < -0.3 is 4.74 Å². The van der Waals surface area contributed by atoms with Crippen LogP contribution in [0.2, 0.25) is 0 Å². The van der Waals surface area contributed by atoms with Crippen molar-refractivity contribution in [1.29, 1.82) is 0 Å². The minimum Gasteiger partial charge on any atom is -0.497 e. The summed E-state index contributed by atoms with van der Waals surface area (Å²) in [5.74, 6) is -0.264. The van der Waals surface area contributed by atoms with E-state index in [-0.39, 0.29) is 23.0 Å². The Kier molecular flexibility index (Phi) is 4.36. The average Bonchev–Trinajstić information content (AvgIpc) is 3.20. The maximum Gasteiger partial charge on any atom is 0.441 e. The molecule has 0 radical (unpaired) electrons. The van der Waals surface area contributed by atoms with Gasteiger partial charge in [-0.3, -0.25) is 9.09 Å². The first-order valence-electron chi connectivity index (χ1n) is 7.16. The second-order valence-corrected chi connectivity index (χ2v) is 5.18. The van der Waals surface area contributed by atoms with Gasteiger partial charge in [0.05, 0.1) is 12.7 Å². The number of ether oxygens (including phenoxy) is 1. The maximum atomic E-state index is 13.0. The monoisotopic (exact) mass is 367 g/mol. The Morgan fingerprint density at radius 2 is 2.04 bits per heavy atom. The number of hydrogen-bond donors (Lipinski definition) is 0. The van der Waals surface area contributed by atoms with Crippen LogP contribution in [0, 0.1) is 0 Å². The molecule has 0 N–H and O–H groups in total. The molecular weight excluding hydrogens is 355 g/mol. The minimum absolute atomic E-state index is 0.0410. The summed E-state index contributed by atoms with van der Waals surface area (Å²) in [7, 11) is 2.75. The Hall–Kier alpha value is -3.37. The van der Waals surface area contributed by atoms with Crippen molar-refractivity contribution in [2.75, 3.05) is 7.11 Å². The molecule has 0 aliphatic rings. The second-order valence-electron chi connectivity index (χ2n) is 5.18. The third-order valence-electron chi connectivity index (χ3n) is 3.45. The lowest BCUT2D eigenvalue weighted by Crippen LogP contribution is -2.10. The zero-order valence-corrected chi connectivity index (χ0v) is 13.6. The van der Waals surface area contributed by atoms with Crippen LogP contribution in [-0.4, -0.2) is 31.6 Å². The summed E-state index contributed by atoms with van der Waals surface area (Å²) in [5.41, 5.74) is -0.714. The molecule has 0 aliphatic carbocycles. The fourth-order valence-electron chi connectivity index (χ4n) is 2.08. The van der Waals surface area contributed by atoms with Crippen LogP contribution in [0.15, 0.2) is 33.8 Å². The van der Waals surface area contributed by atoms with Crippen molar-refractivity contribution in [2.45, 2.75) is 6.18 Å². The molecule has 2 heterocycles. The molecule has 8 nitrogen and oxygen atoms in total. The molecule has 0 spiro atoms. The highest BCUT2D eigenvalue weighted by Crippen LogP contribution is 2.34. The molecule has 0 aliphatic heterocycles. The maximum absolute atomic E-state index is 13.0. The number of alkyl halides is 3. The van der Waals surface area contributed by atoms with Crippen LogP contribution in [0.25, 0.3) is 23.7 Å². The van der Waals surface area contributed by atoms with E-state index in [0.29, 0.717) is 0 Å². The molecule has 0 bridgehead atoms. The van der Waals surface area contributed by atoms with Crippen LogP contribution >= 0.6 is 0 Å².